The number of anilines is 3. The van der Waals surface area contributed by atoms with Gasteiger partial charge in [0.2, 0.25) is 0 Å². The fourth-order valence-electron chi connectivity index (χ4n) is 8.30. The lowest BCUT2D eigenvalue weighted by molar-refractivity contribution is 1.29. The van der Waals surface area contributed by atoms with Crippen molar-refractivity contribution >= 4 is 60.2 Å². The maximum atomic E-state index is 2.46. The van der Waals surface area contributed by atoms with Gasteiger partial charge in [0.1, 0.15) is 0 Å². The molecule has 0 heterocycles. The van der Waals surface area contributed by atoms with Crippen molar-refractivity contribution in [1.82, 2.24) is 0 Å². The molecule has 0 saturated carbocycles. The maximum absolute atomic E-state index is 2.46. The highest BCUT2D eigenvalue weighted by molar-refractivity contribution is 6.33. The third kappa shape index (κ3) is 5.25. The first-order chi connectivity index (χ1) is 26.3. The number of hydrogen-bond acceptors (Lipinski definition) is 1. The molecular weight excluding hydrogens is 639 g/mol. The summed E-state index contributed by atoms with van der Waals surface area (Å²) in [6.07, 6.45) is 0. The minimum absolute atomic E-state index is 1.12. The molecule has 0 N–H and O–H groups in total. The lowest BCUT2D eigenvalue weighted by Crippen LogP contribution is -2.09. The SMILES string of the molecule is c1ccc(-c2cc(-c3cccc4ccccc34)c3c4ccccc4c4cc(N(c5ccccc5)c5ccccc5)ccc4c3c2-c2ccccc2)cc1. The first-order valence-corrected chi connectivity index (χ1v) is 18.3. The topological polar surface area (TPSA) is 3.24 Å². The van der Waals surface area contributed by atoms with Gasteiger partial charge in [0, 0.05) is 17.1 Å². The Hall–Kier alpha value is -6.96. The van der Waals surface area contributed by atoms with E-state index in [-0.39, 0.29) is 0 Å². The molecule has 1 nitrogen and oxygen atoms in total. The molecule has 0 spiro atoms. The summed E-state index contributed by atoms with van der Waals surface area (Å²) < 4.78 is 0. The van der Waals surface area contributed by atoms with Crippen LogP contribution in [0.1, 0.15) is 0 Å². The number of rotatable bonds is 6. The third-order valence-electron chi connectivity index (χ3n) is 10.6. The molecule has 0 unspecified atom stereocenters. The summed E-state index contributed by atoms with van der Waals surface area (Å²) in [6, 6.07) is 77.2. The molecular formula is C52H35N. The summed E-state index contributed by atoms with van der Waals surface area (Å²) in [5, 5.41) is 10.00. The van der Waals surface area contributed by atoms with E-state index < -0.39 is 0 Å². The largest absolute Gasteiger partial charge is 0.310 e. The van der Waals surface area contributed by atoms with Crippen molar-refractivity contribution in [1.29, 1.82) is 0 Å². The zero-order valence-electron chi connectivity index (χ0n) is 29.2. The molecule has 0 aromatic heterocycles. The standard InChI is InChI=1S/C52H35N/c1-5-18-37(19-6-1)47-35-49(43-31-17-23-36-20-13-14-28-42(36)43)51-45-30-16-15-29-44(45)48-34-41(32-33-46(48)52(51)50(47)38-21-7-2-8-22-38)53(39-24-9-3-10-25-39)40-26-11-4-12-27-40/h1-35H. The number of benzene rings is 10. The average Bonchev–Trinajstić information content (AvgIpc) is 3.24. The van der Waals surface area contributed by atoms with Gasteiger partial charge in [-0.2, -0.15) is 0 Å². The average molecular weight is 674 g/mol. The predicted molar refractivity (Wildman–Crippen MR) is 227 cm³/mol. The Kier molecular flexibility index (Phi) is 7.55. The number of fused-ring (bicyclic) bond motifs is 7. The highest BCUT2D eigenvalue weighted by Gasteiger charge is 2.23. The zero-order valence-corrected chi connectivity index (χ0v) is 29.2. The molecule has 0 fully saturated rings. The van der Waals surface area contributed by atoms with Crippen molar-refractivity contribution in [3.05, 3.63) is 212 Å². The van der Waals surface area contributed by atoms with Crippen molar-refractivity contribution in [3.63, 3.8) is 0 Å². The molecule has 1 heteroatoms. The molecule has 0 amide bonds. The van der Waals surface area contributed by atoms with Gasteiger partial charge in [-0.3, -0.25) is 0 Å². The predicted octanol–water partition coefficient (Wildman–Crippen LogP) is 14.8. The van der Waals surface area contributed by atoms with Gasteiger partial charge in [-0.25, -0.2) is 0 Å². The summed E-state index contributed by atoms with van der Waals surface area (Å²) in [5.74, 6) is 0. The van der Waals surface area contributed by atoms with Gasteiger partial charge in [-0.15, -0.1) is 0 Å². The van der Waals surface area contributed by atoms with Crippen molar-refractivity contribution in [2.45, 2.75) is 0 Å². The minimum Gasteiger partial charge on any atom is -0.310 e. The molecule has 10 aromatic rings. The molecule has 0 aliphatic rings. The second kappa shape index (κ2) is 13.0. The van der Waals surface area contributed by atoms with Crippen molar-refractivity contribution < 1.29 is 0 Å². The van der Waals surface area contributed by atoms with Gasteiger partial charge in [0.25, 0.3) is 0 Å². The smallest absolute Gasteiger partial charge is 0.0468 e. The van der Waals surface area contributed by atoms with E-state index in [4.69, 9.17) is 0 Å². The molecule has 0 radical (unpaired) electrons. The van der Waals surface area contributed by atoms with Crippen LogP contribution >= 0.6 is 0 Å². The second-order valence-corrected chi connectivity index (χ2v) is 13.6. The number of nitrogens with zero attached hydrogens (tertiary/aromatic N) is 1. The first-order valence-electron chi connectivity index (χ1n) is 18.3. The maximum Gasteiger partial charge on any atom is 0.0468 e. The van der Waals surface area contributed by atoms with Crippen molar-refractivity contribution in [2.24, 2.45) is 0 Å². The Morgan fingerprint density at radius 3 is 1.47 bits per heavy atom. The van der Waals surface area contributed by atoms with Gasteiger partial charge >= 0.3 is 0 Å². The minimum atomic E-state index is 1.12. The van der Waals surface area contributed by atoms with Crippen LogP contribution in [0.5, 0.6) is 0 Å². The molecule has 0 atom stereocenters. The van der Waals surface area contributed by atoms with Crippen LogP contribution in [0.25, 0.3) is 76.5 Å². The van der Waals surface area contributed by atoms with E-state index in [9.17, 15) is 0 Å². The summed E-state index contributed by atoms with van der Waals surface area (Å²) in [5.41, 5.74) is 10.7. The Balaban J connectivity index is 1.40. The Morgan fingerprint density at radius 1 is 0.264 bits per heavy atom. The first kappa shape index (κ1) is 30.8. The van der Waals surface area contributed by atoms with Crippen LogP contribution in [0.4, 0.5) is 17.1 Å². The Morgan fingerprint density at radius 2 is 0.792 bits per heavy atom. The molecule has 0 aliphatic heterocycles. The lowest BCUT2D eigenvalue weighted by atomic mass is 9.80. The summed E-state index contributed by atoms with van der Waals surface area (Å²) in [4.78, 5) is 2.36. The fourth-order valence-corrected chi connectivity index (χ4v) is 8.30. The highest BCUT2D eigenvalue weighted by atomic mass is 15.1. The quantitative estimate of drug-likeness (QED) is 0.159. The van der Waals surface area contributed by atoms with E-state index in [1.807, 2.05) is 0 Å². The van der Waals surface area contributed by atoms with Crippen molar-refractivity contribution in [2.75, 3.05) is 4.90 Å². The van der Waals surface area contributed by atoms with Crippen LogP contribution in [-0.2, 0) is 0 Å². The van der Waals surface area contributed by atoms with Crippen molar-refractivity contribution in [3.8, 4) is 33.4 Å². The Labute approximate surface area is 309 Å². The molecule has 248 valence electrons. The molecule has 0 saturated heterocycles. The van der Waals surface area contributed by atoms with Crippen LogP contribution in [0, 0.1) is 0 Å². The van der Waals surface area contributed by atoms with Crippen LogP contribution < -0.4 is 4.90 Å². The van der Waals surface area contributed by atoms with Gasteiger partial charge in [0.05, 0.1) is 0 Å². The molecule has 0 aliphatic carbocycles. The number of hydrogen-bond donors (Lipinski definition) is 0. The zero-order chi connectivity index (χ0) is 35.1. The lowest BCUT2D eigenvalue weighted by Gasteiger charge is -2.27. The van der Waals surface area contributed by atoms with Gasteiger partial charge in [-0.1, -0.05) is 170 Å². The summed E-state index contributed by atoms with van der Waals surface area (Å²) in [7, 11) is 0. The summed E-state index contributed by atoms with van der Waals surface area (Å²) in [6.45, 7) is 0. The molecule has 10 aromatic carbocycles. The molecule has 10 rings (SSSR count). The number of para-hydroxylation sites is 2. The molecule has 0 bridgehead atoms. The van der Waals surface area contributed by atoms with Crippen LogP contribution in [0.15, 0.2) is 212 Å². The Bertz CT molecular complexity index is 2870. The monoisotopic (exact) mass is 673 g/mol. The summed E-state index contributed by atoms with van der Waals surface area (Å²) >= 11 is 0. The van der Waals surface area contributed by atoms with E-state index in [1.165, 1.54) is 76.5 Å². The third-order valence-corrected chi connectivity index (χ3v) is 10.6. The van der Waals surface area contributed by atoms with E-state index >= 15 is 0 Å². The van der Waals surface area contributed by atoms with Gasteiger partial charge in [-0.05, 0) is 119 Å². The van der Waals surface area contributed by atoms with Gasteiger partial charge in [0.15, 0.2) is 0 Å². The van der Waals surface area contributed by atoms with E-state index in [2.05, 4.69) is 217 Å². The van der Waals surface area contributed by atoms with Crippen LogP contribution in [0.3, 0.4) is 0 Å². The van der Waals surface area contributed by atoms with Crippen LogP contribution in [-0.4, -0.2) is 0 Å². The second-order valence-electron chi connectivity index (χ2n) is 13.6. The van der Waals surface area contributed by atoms with E-state index in [0.29, 0.717) is 0 Å². The van der Waals surface area contributed by atoms with Gasteiger partial charge < -0.3 is 4.90 Å². The molecule has 53 heavy (non-hydrogen) atoms. The highest BCUT2D eigenvalue weighted by Crippen LogP contribution is 2.50. The van der Waals surface area contributed by atoms with E-state index in [0.717, 1.165) is 17.1 Å². The van der Waals surface area contributed by atoms with Crippen LogP contribution in [0.2, 0.25) is 0 Å². The normalized spacial score (nSPS) is 11.4. The van der Waals surface area contributed by atoms with E-state index in [1.54, 1.807) is 0 Å². The fraction of sp³-hybridized carbons (Fsp3) is 0.